The molecule has 1 aromatic rings. The molecule has 1 aromatic heterocycles. The summed E-state index contributed by atoms with van der Waals surface area (Å²) in [7, 11) is 0. The number of nitrogens with one attached hydrogen (secondary N) is 1. The molecule has 2 rings (SSSR count). The molecule has 1 aliphatic rings. The summed E-state index contributed by atoms with van der Waals surface area (Å²) in [6.07, 6.45) is 6.30. The van der Waals surface area contributed by atoms with Crippen molar-refractivity contribution in [3.8, 4) is 0 Å². The van der Waals surface area contributed by atoms with Gasteiger partial charge >= 0.3 is 0 Å². The van der Waals surface area contributed by atoms with Crippen molar-refractivity contribution in [2.24, 2.45) is 11.8 Å². The van der Waals surface area contributed by atoms with Gasteiger partial charge in [0.2, 0.25) is 5.91 Å². The molecule has 1 N–H and O–H groups in total. The van der Waals surface area contributed by atoms with Crippen LogP contribution < -0.4 is 5.32 Å². The third-order valence-electron chi connectivity index (χ3n) is 4.99. The summed E-state index contributed by atoms with van der Waals surface area (Å²) >= 11 is 1.48. The maximum Gasteiger partial charge on any atom is 0.263 e. The number of carbonyl (C=O) groups is 2. The molecule has 5 heteroatoms. The third-order valence-corrected chi connectivity index (χ3v) is 5.85. The van der Waals surface area contributed by atoms with Crippen molar-refractivity contribution in [3.63, 3.8) is 0 Å². The summed E-state index contributed by atoms with van der Waals surface area (Å²) in [4.78, 5) is 27.4. The molecule has 1 saturated heterocycles. The Kier molecular flexibility index (Phi) is 7.76. The lowest BCUT2D eigenvalue weighted by Crippen LogP contribution is -2.43. The monoisotopic (exact) mass is 350 g/mol. The summed E-state index contributed by atoms with van der Waals surface area (Å²) < 4.78 is 0. The number of thiophene rings is 1. The molecule has 2 heterocycles. The maximum absolute atomic E-state index is 12.4. The average Bonchev–Trinajstić information content (AvgIpc) is 3.16. The molecule has 1 atom stereocenters. The molecule has 134 valence electrons. The predicted molar refractivity (Wildman–Crippen MR) is 99.3 cm³/mol. The average molecular weight is 351 g/mol. The van der Waals surface area contributed by atoms with Gasteiger partial charge in [-0.15, -0.1) is 11.3 Å². The Balaban J connectivity index is 1.73. The van der Waals surface area contributed by atoms with Crippen LogP contribution in [0.2, 0.25) is 0 Å². The fourth-order valence-corrected chi connectivity index (χ4v) is 3.92. The van der Waals surface area contributed by atoms with Crippen LogP contribution in [0.3, 0.4) is 0 Å². The summed E-state index contributed by atoms with van der Waals surface area (Å²) in [5.74, 6) is 0.929. The molecule has 1 aliphatic heterocycles. The highest BCUT2D eigenvalue weighted by Crippen LogP contribution is 2.21. The zero-order chi connectivity index (χ0) is 17.4. The van der Waals surface area contributed by atoms with E-state index in [1.165, 1.54) is 30.6 Å². The number of hydrogen-bond acceptors (Lipinski definition) is 3. The topological polar surface area (TPSA) is 49.4 Å². The summed E-state index contributed by atoms with van der Waals surface area (Å²) in [6.45, 7) is 6.56. The zero-order valence-corrected chi connectivity index (χ0v) is 15.7. The van der Waals surface area contributed by atoms with Crippen molar-refractivity contribution >= 4 is 23.2 Å². The normalized spacial score (nSPS) is 16.8. The molecule has 4 nitrogen and oxygen atoms in total. The predicted octanol–water partition coefficient (Wildman–Crippen LogP) is 3.93. The molecule has 1 unspecified atom stereocenters. The molecule has 0 saturated carbocycles. The second-order valence-corrected chi connectivity index (χ2v) is 7.65. The van der Waals surface area contributed by atoms with Gasteiger partial charge in [-0.25, -0.2) is 0 Å². The highest BCUT2D eigenvalue weighted by Gasteiger charge is 2.28. The van der Waals surface area contributed by atoms with Gasteiger partial charge < -0.3 is 10.2 Å². The van der Waals surface area contributed by atoms with Gasteiger partial charge in [-0.2, -0.15) is 0 Å². The number of rotatable bonds is 8. The van der Waals surface area contributed by atoms with E-state index in [9.17, 15) is 9.59 Å². The number of hydrogen-bond donors (Lipinski definition) is 1. The first-order valence-electron chi connectivity index (χ1n) is 9.26. The molecule has 0 aliphatic carbocycles. The van der Waals surface area contributed by atoms with Crippen LogP contribution in [-0.2, 0) is 4.79 Å². The fourth-order valence-electron chi connectivity index (χ4n) is 3.23. The van der Waals surface area contributed by atoms with Crippen LogP contribution in [0, 0.1) is 11.8 Å². The number of carbonyl (C=O) groups excluding carboxylic acids is 2. The van der Waals surface area contributed by atoms with Crippen LogP contribution in [0.4, 0.5) is 0 Å². The molecule has 0 aromatic carbocycles. The maximum atomic E-state index is 12.4. The number of nitrogens with zero attached hydrogens (tertiary/aromatic N) is 1. The zero-order valence-electron chi connectivity index (χ0n) is 14.9. The highest BCUT2D eigenvalue weighted by molar-refractivity contribution is 7.12. The van der Waals surface area contributed by atoms with E-state index < -0.39 is 0 Å². The van der Waals surface area contributed by atoms with Crippen LogP contribution >= 0.6 is 11.3 Å². The molecular weight excluding hydrogens is 320 g/mol. The van der Waals surface area contributed by atoms with Gasteiger partial charge in [-0.05, 0) is 36.6 Å². The summed E-state index contributed by atoms with van der Waals surface area (Å²) in [5.41, 5.74) is 0. The standard InChI is InChI=1S/C19H30N2O2S/c1-3-5-7-15(4-2)14-20-18(22)16-9-11-21(12-10-16)19(23)17-8-6-13-24-17/h6,8,13,15-16H,3-5,7,9-12,14H2,1-2H3,(H,20,22). The van der Waals surface area contributed by atoms with Crippen molar-refractivity contribution in [3.05, 3.63) is 22.4 Å². The highest BCUT2D eigenvalue weighted by atomic mass is 32.1. The first-order chi connectivity index (χ1) is 11.7. The van der Waals surface area contributed by atoms with Crippen LogP contribution in [-0.4, -0.2) is 36.3 Å². The Bertz CT molecular complexity index is 507. The van der Waals surface area contributed by atoms with E-state index in [4.69, 9.17) is 0 Å². The van der Waals surface area contributed by atoms with Crippen molar-refractivity contribution in [1.82, 2.24) is 10.2 Å². The van der Waals surface area contributed by atoms with Crippen molar-refractivity contribution < 1.29 is 9.59 Å². The van der Waals surface area contributed by atoms with E-state index in [-0.39, 0.29) is 17.7 Å². The summed E-state index contributed by atoms with van der Waals surface area (Å²) in [6, 6.07) is 3.77. The van der Waals surface area contributed by atoms with Crippen molar-refractivity contribution in [2.45, 2.75) is 52.4 Å². The van der Waals surface area contributed by atoms with Crippen LogP contribution in [0.1, 0.15) is 62.0 Å². The van der Waals surface area contributed by atoms with Crippen LogP contribution in [0.15, 0.2) is 17.5 Å². The molecule has 1 fully saturated rings. The molecular formula is C19H30N2O2S. The minimum atomic E-state index is 0.0565. The molecule has 0 spiro atoms. The lowest BCUT2D eigenvalue weighted by atomic mass is 9.94. The van der Waals surface area contributed by atoms with Crippen LogP contribution in [0.5, 0.6) is 0 Å². The summed E-state index contributed by atoms with van der Waals surface area (Å²) in [5, 5.41) is 5.07. The number of piperidine rings is 1. The van der Waals surface area contributed by atoms with E-state index in [2.05, 4.69) is 19.2 Å². The Hall–Kier alpha value is -1.36. The smallest absolute Gasteiger partial charge is 0.263 e. The van der Waals surface area contributed by atoms with Crippen molar-refractivity contribution in [1.29, 1.82) is 0 Å². The molecule has 24 heavy (non-hydrogen) atoms. The Morgan fingerprint density at radius 2 is 2.08 bits per heavy atom. The largest absolute Gasteiger partial charge is 0.356 e. The van der Waals surface area contributed by atoms with Gasteiger partial charge in [-0.3, -0.25) is 9.59 Å². The van der Waals surface area contributed by atoms with E-state index >= 15 is 0 Å². The van der Waals surface area contributed by atoms with E-state index in [1.807, 2.05) is 22.4 Å². The van der Waals surface area contributed by atoms with E-state index in [1.54, 1.807) is 0 Å². The van der Waals surface area contributed by atoms with E-state index in [0.29, 0.717) is 19.0 Å². The van der Waals surface area contributed by atoms with Gasteiger partial charge in [0.15, 0.2) is 0 Å². The first kappa shape index (κ1) is 19.0. The van der Waals surface area contributed by atoms with Gasteiger partial charge in [0, 0.05) is 25.6 Å². The number of likely N-dealkylation sites (tertiary alicyclic amines) is 1. The molecule has 2 amide bonds. The Morgan fingerprint density at radius 3 is 2.67 bits per heavy atom. The fraction of sp³-hybridized carbons (Fsp3) is 0.684. The lowest BCUT2D eigenvalue weighted by molar-refractivity contribution is -0.126. The first-order valence-corrected chi connectivity index (χ1v) is 10.1. The Labute approximate surface area is 149 Å². The molecule has 0 bridgehead atoms. The Morgan fingerprint density at radius 1 is 1.33 bits per heavy atom. The lowest BCUT2D eigenvalue weighted by Gasteiger charge is -2.31. The third kappa shape index (κ3) is 5.33. The van der Waals surface area contributed by atoms with E-state index in [0.717, 1.165) is 30.7 Å². The SMILES string of the molecule is CCCCC(CC)CNC(=O)C1CCN(C(=O)c2cccs2)CC1. The second kappa shape index (κ2) is 9.82. The van der Waals surface area contributed by atoms with Crippen molar-refractivity contribution in [2.75, 3.05) is 19.6 Å². The minimum absolute atomic E-state index is 0.0565. The second-order valence-electron chi connectivity index (χ2n) is 6.71. The number of unbranched alkanes of at least 4 members (excludes halogenated alkanes) is 1. The quantitative estimate of drug-likeness (QED) is 0.772. The molecule has 0 radical (unpaired) electrons. The van der Waals surface area contributed by atoms with Crippen LogP contribution in [0.25, 0.3) is 0 Å². The van der Waals surface area contributed by atoms with Gasteiger partial charge in [0.05, 0.1) is 4.88 Å². The minimum Gasteiger partial charge on any atom is -0.356 e. The van der Waals surface area contributed by atoms with Gasteiger partial charge in [0.1, 0.15) is 0 Å². The van der Waals surface area contributed by atoms with Gasteiger partial charge in [-0.1, -0.05) is 39.2 Å². The number of amides is 2. The van der Waals surface area contributed by atoms with Gasteiger partial charge in [0.25, 0.3) is 5.91 Å².